The number of carbonyl (C=O) groups is 1. The fourth-order valence-electron chi connectivity index (χ4n) is 3.01. The van der Waals surface area contributed by atoms with Gasteiger partial charge in [0.1, 0.15) is 0 Å². The summed E-state index contributed by atoms with van der Waals surface area (Å²) >= 11 is 3.54. The molecule has 29 heavy (non-hydrogen) atoms. The SMILES string of the molecule is Cc1ccc(-c2nnco2)cc1NC(=O)c1ccc(-n2nc(C)c(Br)c2C)cc1. The number of rotatable bonds is 4. The minimum atomic E-state index is -0.197. The molecule has 2 heterocycles. The van der Waals surface area contributed by atoms with Gasteiger partial charge >= 0.3 is 0 Å². The molecule has 2 aromatic carbocycles. The van der Waals surface area contributed by atoms with Crippen molar-refractivity contribution in [2.75, 3.05) is 5.32 Å². The van der Waals surface area contributed by atoms with Gasteiger partial charge in [0.15, 0.2) is 0 Å². The number of hydrogen-bond donors (Lipinski definition) is 1. The lowest BCUT2D eigenvalue weighted by Gasteiger charge is -2.10. The number of anilines is 1. The Kier molecular flexibility index (Phi) is 5.02. The van der Waals surface area contributed by atoms with E-state index in [4.69, 9.17) is 4.42 Å². The van der Waals surface area contributed by atoms with Gasteiger partial charge in [-0.1, -0.05) is 6.07 Å². The van der Waals surface area contributed by atoms with Gasteiger partial charge < -0.3 is 9.73 Å². The van der Waals surface area contributed by atoms with Gasteiger partial charge in [0.2, 0.25) is 12.3 Å². The Bertz CT molecular complexity index is 1180. The molecular formula is C21H18BrN5O2. The number of benzene rings is 2. The maximum absolute atomic E-state index is 12.7. The summed E-state index contributed by atoms with van der Waals surface area (Å²) in [4.78, 5) is 12.7. The van der Waals surface area contributed by atoms with Crippen LogP contribution in [0.15, 0.2) is 57.7 Å². The van der Waals surface area contributed by atoms with Gasteiger partial charge in [-0.05, 0) is 78.7 Å². The highest BCUT2D eigenvalue weighted by Crippen LogP contribution is 2.25. The van der Waals surface area contributed by atoms with Crippen LogP contribution in [0.5, 0.6) is 0 Å². The van der Waals surface area contributed by atoms with Crippen molar-refractivity contribution >= 4 is 27.5 Å². The number of nitrogens with one attached hydrogen (secondary N) is 1. The summed E-state index contributed by atoms with van der Waals surface area (Å²) in [7, 11) is 0. The fraction of sp³-hybridized carbons (Fsp3) is 0.143. The predicted octanol–water partition coefficient (Wildman–Crippen LogP) is 4.86. The third-order valence-electron chi connectivity index (χ3n) is 4.67. The van der Waals surface area contributed by atoms with Crippen LogP contribution in [-0.2, 0) is 0 Å². The summed E-state index contributed by atoms with van der Waals surface area (Å²) in [6.07, 6.45) is 1.27. The summed E-state index contributed by atoms with van der Waals surface area (Å²) in [5.74, 6) is 0.206. The van der Waals surface area contributed by atoms with Crippen molar-refractivity contribution in [3.63, 3.8) is 0 Å². The van der Waals surface area contributed by atoms with Gasteiger partial charge in [0.05, 0.1) is 21.5 Å². The third kappa shape index (κ3) is 3.71. The highest BCUT2D eigenvalue weighted by molar-refractivity contribution is 9.10. The number of halogens is 1. The molecule has 0 saturated carbocycles. The first kappa shape index (κ1) is 19.1. The van der Waals surface area contributed by atoms with E-state index in [-0.39, 0.29) is 5.91 Å². The molecule has 0 aliphatic heterocycles. The third-order valence-corrected chi connectivity index (χ3v) is 5.82. The summed E-state index contributed by atoms with van der Waals surface area (Å²) in [5.41, 5.74) is 5.74. The molecule has 0 bridgehead atoms. The first-order chi connectivity index (χ1) is 13.9. The number of aryl methyl sites for hydroxylation is 2. The van der Waals surface area contributed by atoms with Gasteiger partial charge in [0.25, 0.3) is 5.91 Å². The molecule has 7 nitrogen and oxygen atoms in total. The Morgan fingerprint density at radius 2 is 1.86 bits per heavy atom. The maximum atomic E-state index is 12.7. The second kappa shape index (κ2) is 7.63. The van der Waals surface area contributed by atoms with Gasteiger partial charge in [0, 0.05) is 16.8 Å². The lowest BCUT2D eigenvalue weighted by Crippen LogP contribution is -2.13. The molecule has 4 rings (SSSR count). The molecule has 0 fully saturated rings. The molecule has 8 heteroatoms. The second-order valence-electron chi connectivity index (χ2n) is 6.67. The van der Waals surface area contributed by atoms with Crippen LogP contribution < -0.4 is 5.32 Å². The monoisotopic (exact) mass is 451 g/mol. The average molecular weight is 452 g/mol. The Labute approximate surface area is 175 Å². The molecule has 0 atom stereocenters. The summed E-state index contributed by atoms with van der Waals surface area (Å²) in [5, 5.41) is 15.1. The molecule has 2 aromatic heterocycles. The molecule has 0 aliphatic rings. The average Bonchev–Trinajstić information content (AvgIpc) is 3.35. The molecule has 1 amide bonds. The minimum absolute atomic E-state index is 0.197. The van der Waals surface area contributed by atoms with E-state index in [1.54, 1.807) is 12.1 Å². The summed E-state index contributed by atoms with van der Waals surface area (Å²) in [6, 6.07) is 12.9. The molecule has 4 aromatic rings. The van der Waals surface area contributed by atoms with E-state index < -0.39 is 0 Å². The molecule has 146 valence electrons. The number of nitrogens with zero attached hydrogens (tertiary/aromatic N) is 4. The molecule has 0 spiro atoms. The van der Waals surface area contributed by atoms with Crippen LogP contribution in [0.1, 0.15) is 27.3 Å². The Morgan fingerprint density at radius 1 is 1.10 bits per heavy atom. The molecule has 0 unspecified atom stereocenters. The quantitative estimate of drug-likeness (QED) is 0.478. The van der Waals surface area contributed by atoms with Gasteiger partial charge in [-0.2, -0.15) is 5.10 Å². The van der Waals surface area contributed by atoms with Gasteiger partial charge in [-0.3, -0.25) is 4.79 Å². The number of amides is 1. The van der Waals surface area contributed by atoms with E-state index in [9.17, 15) is 4.79 Å². The van der Waals surface area contributed by atoms with E-state index >= 15 is 0 Å². The minimum Gasteiger partial charge on any atom is -0.423 e. The van der Waals surface area contributed by atoms with E-state index in [2.05, 4.69) is 36.5 Å². The zero-order chi connectivity index (χ0) is 20.5. The first-order valence-corrected chi connectivity index (χ1v) is 9.74. The lowest BCUT2D eigenvalue weighted by molar-refractivity contribution is 0.102. The van der Waals surface area contributed by atoms with E-state index in [0.717, 1.165) is 32.7 Å². The van der Waals surface area contributed by atoms with Crippen LogP contribution in [-0.4, -0.2) is 25.9 Å². The Morgan fingerprint density at radius 3 is 2.48 bits per heavy atom. The van der Waals surface area contributed by atoms with Gasteiger partial charge in [-0.15, -0.1) is 10.2 Å². The number of aromatic nitrogens is 4. The van der Waals surface area contributed by atoms with E-state index in [1.807, 2.05) is 55.8 Å². The highest BCUT2D eigenvalue weighted by atomic mass is 79.9. The first-order valence-electron chi connectivity index (χ1n) is 8.94. The number of carbonyl (C=O) groups excluding carboxylic acids is 1. The topological polar surface area (TPSA) is 85.8 Å². The highest BCUT2D eigenvalue weighted by Gasteiger charge is 2.13. The van der Waals surface area contributed by atoms with Crippen molar-refractivity contribution in [2.45, 2.75) is 20.8 Å². The molecule has 1 N–H and O–H groups in total. The zero-order valence-electron chi connectivity index (χ0n) is 16.1. The van der Waals surface area contributed by atoms with E-state index in [1.165, 1.54) is 6.39 Å². The smallest absolute Gasteiger partial charge is 0.255 e. The van der Waals surface area contributed by atoms with Crippen LogP contribution in [0.3, 0.4) is 0 Å². The van der Waals surface area contributed by atoms with E-state index in [0.29, 0.717) is 17.1 Å². The predicted molar refractivity (Wildman–Crippen MR) is 113 cm³/mol. The van der Waals surface area contributed by atoms with Crippen molar-refractivity contribution in [1.82, 2.24) is 20.0 Å². The van der Waals surface area contributed by atoms with Crippen LogP contribution in [0, 0.1) is 20.8 Å². The van der Waals surface area contributed by atoms with Crippen LogP contribution >= 0.6 is 15.9 Å². The zero-order valence-corrected chi connectivity index (χ0v) is 17.7. The van der Waals surface area contributed by atoms with Crippen molar-refractivity contribution in [3.05, 3.63) is 75.8 Å². The molecule has 0 radical (unpaired) electrons. The molecule has 0 aliphatic carbocycles. The largest absolute Gasteiger partial charge is 0.423 e. The standard InChI is InChI=1S/C21H18BrN5O2/c1-12-4-5-16(21-25-23-11-29-21)10-18(12)24-20(28)15-6-8-17(9-7-15)27-14(3)19(22)13(2)26-27/h4-11H,1-3H3,(H,24,28). The maximum Gasteiger partial charge on any atom is 0.255 e. The number of hydrogen-bond acceptors (Lipinski definition) is 5. The van der Waals surface area contributed by atoms with Crippen LogP contribution in [0.25, 0.3) is 17.1 Å². The fourth-order valence-corrected chi connectivity index (χ4v) is 3.26. The van der Waals surface area contributed by atoms with Gasteiger partial charge in [-0.25, -0.2) is 4.68 Å². The van der Waals surface area contributed by atoms with Crippen molar-refractivity contribution in [2.24, 2.45) is 0 Å². The van der Waals surface area contributed by atoms with Crippen molar-refractivity contribution in [3.8, 4) is 17.1 Å². The summed E-state index contributed by atoms with van der Waals surface area (Å²) in [6.45, 7) is 5.86. The Hall–Kier alpha value is -3.26. The molecular weight excluding hydrogens is 434 g/mol. The summed E-state index contributed by atoms with van der Waals surface area (Å²) < 4.78 is 8.06. The Balaban J connectivity index is 1.56. The van der Waals surface area contributed by atoms with Crippen molar-refractivity contribution in [1.29, 1.82) is 0 Å². The molecule has 0 saturated heterocycles. The second-order valence-corrected chi connectivity index (χ2v) is 7.46. The normalized spacial score (nSPS) is 10.9. The van der Waals surface area contributed by atoms with Crippen LogP contribution in [0.4, 0.5) is 5.69 Å². The lowest BCUT2D eigenvalue weighted by atomic mass is 10.1. The van der Waals surface area contributed by atoms with Crippen LogP contribution in [0.2, 0.25) is 0 Å². The van der Waals surface area contributed by atoms with Crippen molar-refractivity contribution < 1.29 is 9.21 Å².